The number of rotatable bonds is 5. The Morgan fingerprint density at radius 2 is 1.88 bits per heavy atom. The number of alkyl halides is 1. The molecule has 0 unspecified atom stereocenters. The predicted molar refractivity (Wildman–Crippen MR) is 71.5 cm³/mol. The molecule has 0 saturated heterocycles. The fraction of sp³-hybridized carbons (Fsp3) is 0.333. The minimum absolute atomic E-state index is 0.0485. The second kappa shape index (κ2) is 7.06. The van der Waals surface area contributed by atoms with Crippen LogP contribution in [0.1, 0.15) is 23.7 Å². The van der Waals surface area contributed by atoms with Crippen LogP contribution in [0.5, 0.6) is 0 Å². The fourth-order valence-corrected chi connectivity index (χ4v) is 1.64. The van der Waals surface area contributed by atoms with Gasteiger partial charge in [-0.1, -0.05) is 15.9 Å². The molecule has 0 atom stereocenters. The predicted octanol–water partition coefficient (Wildman–Crippen LogP) is 2.16. The first-order chi connectivity index (χ1) is 8.17. The normalized spacial score (nSPS) is 9.76. The van der Waals surface area contributed by atoms with Crippen molar-refractivity contribution in [2.45, 2.75) is 13.3 Å². The van der Waals surface area contributed by atoms with Gasteiger partial charge in [0.05, 0.1) is 0 Å². The summed E-state index contributed by atoms with van der Waals surface area (Å²) in [7, 11) is 0. The summed E-state index contributed by atoms with van der Waals surface area (Å²) in [5.41, 5.74) is 1.29. The quantitative estimate of drug-likeness (QED) is 0.819. The summed E-state index contributed by atoms with van der Waals surface area (Å²) in [4.78, 5) is 22.8. The Balaban J connectivity index is 2.61. The molecule has 1 aromatic carbocycles. The van der Waals surface area contributed by atoms with Crippen LogP contribution >= 0.6 is 15.9 Å². The van der Waals surface area contributed by atoms with E-state index in [1.54, 1.807) is 24.3 Å². The van der Waals surface area contributed by atoms with Crippen LogP contribution in [0.15, 0.2) is 24.3 Å². The van der Waals surface area contributed by atoms with E-state index < -0.39 is 0 Å². The molecule has 0 aromatic heterocycles. The molecule has 2 amide bonds. The van der Waals surface area contributed by atoms with Gasteiger partial charge in [-0.15, -0.1) is 0 Å². The maximum atomic E-state index is 11.5. The molecular weight excluding hydrogens is 284 g/mol. The second-order valence-corrected chi connectivity index (χ2v) is 4.22. The largest absolute Gasteiger partial charge is 0.352 e. The summed E-state index contributed by atoms with van der Waals surface area (Å²) in [5.74, 6) is -0.154. The maximum Gasteiger partial charge on any atom is 0.251 e. The standard InChI is InChI=1S/C12H15BrN2O2/c1-2-14-12(17)9-3-5-10(6-4-9)15-11(16)7-8-13/h3-6H,2,7-8H2,1H3,(H,14,17)(H,15,16). The summed E-state index contributed by atoms with van der Waals surface area (Å²) >= 11 is 3.20. The number of hydrogen-bond acceptors (Lipinski definition) is 2. The maximum absolute atomic E-state index is 11.5. The van der Waals surface area contributed by atoms with Crippen LogP contribution in [0.25, 0.3) is 0 Å². The third-order valence-corrected chi connectivity index (χ3v) is 2.49. The zero-order valence-corrected chi connectivity index (χ0v) is 11.2. The molecule has 2 N–H and O–H groups in total. The minimum atomic E-state index is -0.106. The Hall–Kier alpha value is -1.36. The number of carbonyl (C=O) groups excluding carboxylic acids is 2. The molecule has 0 spiro atoms. The molecule has 0 aliphatic heterocycles. The van der Waals surface area contributed by atoms with E-state index in [-0.39, 0.29) is 11.8 Å². The van der Waals surface area contributed by atoms with Crippen molar-refractivity contribution in [2.24, 2.45) is 0 Å². The summed E-state index contributed by atoms with van der Waals surface area (Å²) in [6.07, 6.45) is 0.429. The van der Waals surface area contributed by atoms with E-state index in [1.165, 1.54) is 0 Å². The fourth-order valence-electron chi connectivity index (χ4n) is 1.28. The summed E-state index contributed by atoms with van der Waals surface area (Å²) in [6, 6.07) is 6.82. The molecule has 0 saturated carbocycles. The van der Waals surface area contributed by atoms with Crippen molar-refractivity contribution in [1.82, 2.24) is 5.32 Å². The Bertz CT molecular complexity index is 390. The van der Waals surface area contributed by atoms with E-state index in [4.69, 9.17) is 0 Å². The molecule has 4 nitrogen and oxygen atoms in total. The monoisotopic (exact) mass is 298 g/mol. The van der Waals surface area contributed by atoms with Crippen molar-refractivity contribution in [3.63, 3.8) is 0 Å². The highest BCUT2D eigenvalue weighted by Gasteiger charge is 2.05. The summed E-state index contributed by atoms with van der Waals surface area (Å²) < 4.78 is 0. The number of anilines is 1. The molecule has 92 valence electrons. The minimum Gasteiger partial charge on any atom is -0.352 e. The molecule has 1 rings (SSSR count). The molecule has 0 aliphatic rings. The first kappa shape index (κ1) is 13.7. The van der Waals surface area contributed by atoms with Gasteiger partial charge in [-0.25, -0.2) is 0 Å². The molecule has 0 bridgehead atoms. The second-order valence-electron chi connectivity index (χ2n) is 3.42. The first-order valence-electron chi connectivity index (χ1n) is 5.41. The van der Waals surface area contributed by atoms with Gasteiger partial charge < -0.3 is 10.6 Å². The zero-order chi connectivity index (χ0) is 12.7. The Morgan fingerprint density at radius 3 is 2.41 bits per heavy atom. The van der Waals surface area contributed by atoms with Crippen LogP contribution in [0.2, 0.25) is 0 Å². The van der Waals surface area contributed by atoms with E-state index in [2.05, 4.69) is 26.6 Å². The van der Waals surface area contributed by atoms with Crippen LogP contribution in [0.3, 0.4) is 0 Å². The lowest BCUT2D eigenvalue weighted by Gasteiger charge is -2.05. The van der Waals surface area contributed by atoms with E-state index >= 15 is 0 Å². The van der Waals surface area contributed by atoms with Crippen molar-refractivity contribution in [3.05, 3.63) is 29.8 Å². The van der Waals surface area contributed by atoms with Crippen molar-refractivity contribution in [2.75, 3.05) is 17.2 Å². The van der Waals surface area contributed by atoms with Crippen LogP contribution < -0.4 is 10.6 Å². The average Bonchev–Trinajstić information content (AvgIpc) is 2.30. The van der Waals surface area contributed by atoms with E-state index in [0.717, 1.165) is 0 Å². The first-order valence-corrected chi connectivity index (χ1v) is 6.53. The van der Waals surface area contributed by atoms with Gasteiger partial charge in [0.1, 0.15) is 0 Å². The van der Waals surface area contributed by atoms with E-state index in [9.17, 15) is 9.59 Å². The number of hydrogen-bond donors (Lipinski definition) is 2. The van der Waals surface area contributed by atoms with Crippen LogP contribution in [0, 0.1) is 0 Å². The molecular formula is C12H15BrN2O2. The highest BCUT2D eigenvalue weighted by molar-refractivity contribution is 9.09. The van der Waals surface area contributed by atoms with Crippen LogP contribution in [-0.4, -0.2) is 23.7 Å². The van der Waals surface area contributed by atoms with Crippen molar-refractivity contribution in [1.29, 1.82) is 0 Å². The Kier molecular flexibility index (Phi) is 5.69. The molecule has 0 radical (unpaired) electrons. The van der Waals surface area contributed by atoms with Gasteiger partial charge in [0, 0.05) is 29.5 Å². The summed E-state index contributed by atoms with van der Waals surface area (Å²) in [5, 5.41) is 6.08. The molecule has 0 heterocycles. The van der Waals surface area contributed by atoms with Gasteiger partial charge in [-0.3, -0.25) is 9.59 Å². The number of benzene rings is 1. The number of carbonyl (C=O) groups is 2. The van der Waals surface area contributed by atoms with Crippen LogP contribution in [-0.2, 0) is 4.79 Å². The number of amides is 2. The van der Waals surface area contributed by atoms with Crippen molar-refractivity contribution >= 4 is 33.4 Å². The highest BCUT2D eigenvalue weighted by atomic mass is 79.9. The van der Waals surface area contributed by atoms with E-state index in [1.807, 2.05) is 6.92 Å². The number of halogens is 1. The van der Waals surface area contributed by atoms with E-state index in [0.29, 0.717) is 29.5 Å². The van der Waals surface area contributed by atoms with Gasteiger partial charge in [-0.2, -0.15) is 0 Å². The molecule has 0 fully saturated rings. The summed E-state index contributed by atoms with van der Waals surface area (Å²) in [6.45, 7) is 2.47. The van der Waals surface area contributed by atoms with Gasteiger partial charge in [0.2, 0.25) is 5.91 Å². The third-order valence-electron chi connectivity index (χ3n) is 2.09. The molecule has 5 heteroatoms. The third kappa shape index (κ3) is 4.56. The zero-order valence-electron chi connectivity index (χ0n) is 9.63. The molecule has 1 aromatic rings. The van der Waals surface area contributed by atoms with Gasteiger partial charge in [0.15, 0.2) is 0 Å². The SMILES string of the molecule is CCNC(=O)c1ccc(NC(=O)CCBr)cc1. The van der Waals surface area contributed by atoms with Gasteiger partial charge >= 0.3 is 0 Å². The van der Waals surface area contributed by atoms with Gasteiger partial charge in [0.25, 0.3) is 5.91 Å². The lowest BCUT2D eigenvalue weighted by molar-refractivity contribution is -0.115. The molecule has 0 aliphatic carbocycles. The smallest absolute Gasteiger partial charge is 0.251 e. The highest BCUT2D eigenvalue weighted by Crippen LogP contribution is 2.10. The van der Waals surface area contributed by atoms with Gasteiger partial charge in [-0.05, 0) is 31.2 Å². The lowest BCUT2D eigenvalue weighted by Crippen LogP contribution is -2.22. The topological polar surface area (TPSA) is 58.2 Å². The Morgan fingerprint density at radius 1 is 1.24 bits per heavy atom. The van der Waals surface area contributed by atoms with Crippen molar-refractivity contribution in [3.8, 4) is 0 Å². The molecule has 17 heavy (non-hydrogen) atoms. The van der Waals surface area contributed by atoms with Crippen LogP contribution in [0.4, 0.5) is 5.69 Å². The average molecular weight is 299 g/mol. The van der Waals surface area contributed by atoms with Crippen molar-refractivity contribution < 1.29 is 9.59 Å². The lowest BCUT2D eigenvalue weighted by atomic mass is 10.2. The number of nitrogens with one attached hydrogen (secondary N) is 2. The Labute approximate surface area is 109 Å².